The molecule has 7 heteroatoms. The Balaban J connectivity index is 1.64. The van der Waals surface area contributed by atoms with Crippen LogP contribution in [0.2, 0.25) is 0 Å². The predicted octanol–water partition coefficient (Wildman–Crippen LogP) is 1.36. The lowest BCUT2D eigenvalue weighted by Crippen LogP contribution is -2.63. The monoisotopic (exact) mass is 346 g/mol. The highest BCUT2D eigenvalue weighted by Gasteiger charge is 2.57. The molecule has 0 radical (unpaired) electrons. The second-order valence-electron chi connectivity index (χ2n) is 7.15. The Kier molecular flexibility index (Phi) is 5.33. The zero-order valence-corrected chi connectivity index (χ0v) is 14.9. The van der Waals surface area contributed by atoms with E-state index in [1.54, 1.807) is 8.61 Å². The van der Waals surface area contributed by atoms with E-state index in [1.165, 1.54) is 0 Å². The third-order valence-electron chi connectivity index (χ3n) is 5.98. The van der Waals surface area contributed by atoms with Gasteiger partial charge in [-0.3, -0.25) is 0 Å². The lowest BCUT2D eigenvalue weighted by atomic mass is 9.58. The van der Waals surface area contributed by atoms with Gasteiger partial charge in [-0.15, -0.1) is 0 Å². The molecule has 0 aromatic rings. The summed E-state index contributed by atoms with van der Waals surface area (Å²) in [5.41, 5.74) is -0.221. The van der Waals surface area contributed by atoms with Crippen molar-refractivity contribution in [3.63, 3.8) is 0 Å². The van der Waals surface area contributed by atoms with Crippen molar-refractivity contribution in [3.05, 3.63) is 0 Å². The van der Waals surface area contributed by atoms with Gasteiger partial charge in [-0.05, 0) is 32.6 Å². The van der Waals surface area contributed by atoms with E-state index >= 15 is 0 Å². The Morgan fingerprint density at radius 1 is 1.04 bits per heavy atom. The molecular formula is C16H30N2O4S. The summed E-state index contributed by atoms with van der Waals surface area (Å²) in [4.78, 5) is 0. The molecule has 1 saturated carbocycles. The van der Waals surface area contributed by atoms with Gasteiger partial charge in [-0.1, -0.05) is 12.8 Å². The molecule has 0 bridgehead atoms. The highest BCUT2D eigenvalue weighted by Crippen LogP contribution is 2.51. The number of aliphatic hydroxyl groups is 1. The summed E-state index contributed by atoms with van der Waals surface area (Å²) in [5.74, 6) is 0. The number of ether oxygens (including phenoxy) is 1. The van der Waals surface area contributed by atoms with Crippen molar-refractivity contribution in [1.82, 2.24) is 8.61 Å². The Hall–Kier alpha value is -0.210. The average molecular weight is 346 g/mol. The van der Waals surface area contributed by atoms with Crippen LogP contribution in [0.15, 0.2) is 0 Å². The van der Waals surface area contributed by atoms with Crippen LogP contribution < -0.4 is 0 Å². The SMILES string of the molecule is CCO[C@@H]1C[C@@H](O)C12CCN(S(=O)(=O)N1CCCCCC1)CC2. The molecule has 0 aromatic heterocycles. The van der Waals surface area contributed by atoms with Gasteiger partial charge in [-0.25, -0.2) is 0 Å². The minimum Gasteiger partial charge on any atom is -0.392 e. The van der Waals surface area contributed by atoms with Gasteiger partial charge < -0.3 is 9.84 Å². The van der Waals surface area contributed by atoms with Crippen molar-refractivity contribution < 1.29 is 18.3 Å². The van der Waals surface area contributed by atoms with E-state index in [4.69, 9.17) is 4.74 Å². The number of nitrogens with zero attached hydrogens (tertiary/aromatic N) is 2. The molecule has 0 aromatic carbocycles. The summed E-state index contributed by atoms with van der Waals surface area (Å²) in [6.07, 6.45) is 6.00. The molecule has 6 nitrogen and oxygen atoms in total. The molecule has 0 amide bonds. The first-order valence-corrected chi connectivity index (χ1v) is 10.5. The number of aliphatic hydroxyl groups excluding tert-OH is 1. The second kappa shape index (κ2) is 6.96. The van der Waals surface area contributed by atoms with E-state index in [0.717, 1.165) is 25.7 Å². The van der Waals surface area contributed by atoms with E-state index in [2.05, 4.69) is 0 Å². The largest absolute Gasteiger partial charge is 0.392 e. The van der Waals surface area contributed by atoms with Gasteiger partial charge in [0.05, 0.1) is 12.2 Å². The smallest absolute Gasteiger partial charge is 0.281 e. The van der Waals surface area contributed by atoms with Gasteiger partial charge in [0, 0.05) is 44.6 Å². The molecule has 2 atom stereocenters. The van der Waals surface area contributed by atoms with E-state index in [1.807, 2.05) is 6.92 Å². The molecule has 23 heavy (non-hydrogen) atoms. The third-order valence-corrected chi connectivity index (χ3v) is 8.02. The third kappa shape index (κ3) is 3.18. The summed E-state index contributed by atoms with van der Waals surface area (Å²) in [6, 6.07) is 0. The van der Waals surface area contributed by atoms with E-state index in [0.29, 0.717) is 52.0 Å². The fraction of sp³-hybridized carbons (Fsp3) is 1.00. The maximum Gasteiger partial charge on any atom is 0.281 e. The zero-order valence-electron chi connectivity index (χ0n) is 14.1. The quantitative estimate of drug-likeness (QED) is 0.834. The lowest BCUT2D eigenvalue weighted by Gasteiger charge is -2.56. The van der Waals surface area contributed by atoms with Crippen LogP contribution in [-0.2, 0) is 14.9 Å². The molecular weight excluding hydrogens is 316 g/mol. The average Bonchev–Trinajstić information content (AvgIpc) is 2.84. The normalized spacial score (nSPS) is 33.3. The molecule has 3 rings (SSSR count). The van der Waals surface area contributed by atoms with E-state index in [9.17, 15) is 13.5 Å². The molecule has 134 valence electrons. The summed E-state index contributed by atoms with van der Waals surface area (Å²) in [6.45, 7) is 4.91. The van der Waals surface area contributed by atoms with Gasteiger partial charge in [0.15, 0.2) is 0 Å². The Morgan fingerprint density at radius 3 is 2.13 bits per heavy atom. The summed E-state index contributed by atoms with van der Waals surface area (Å²) in [5, 5.41) is 10.2. The maximum absolute atomic E-state index is 12.9. The van der Waals surface area contributed by atoms with Crippen LogP contribution in [0.1, 0.15) is 51.9 Å². The lowest BCUT2D eigenvalue weighted by molar-refractivity contribution is -0.206. The van der Waals surface area contributed by atoms with E-state index < -0.39 is 10.2 Å². The Morgan fingerprint density at radius 2 is 1.61 bits per heavy atom. The number of rotatable bonds is 4. The fourth-order valence-electron chi connectivity index (χ4n) is 4.39. The summed E-state index contributed by atoms with van der Waals surface area (Å²) >= 11 is 0. The fourth-order valence-corrected chi connectivity index (χ4v) is 6.08. The van der Waals surface area contributed by atoms with Crippen molar-refractivity contribution >= 4 is 10.2 Å². The molecule has 3 aliphatic rings. The highest BCUT2D eigenvalue weighted by molar-refractivity contribution is 7.86. The molecule has 3 fully saturated rings. The minimum absolute atomic E-state index is 0.0885. The molecule has 2 aliphatic heterocycles. The van der Waals surface area contributed by atoms with Crippen molar-refractivity contribution in [2.45, 2.75) is 64.1 Å². The number of piperidine rings is 1. The summed E-state index contributed by atoms with van der Waals surface area (Å²) in [7, 11) is -3.35. The van der Waals surface area contributed by atoms with Crippen LogP contribution in [0.25, 0.3) is 0 Å². The Labute approximate surface area is 140 Å². The minimum atomic E-state index is -3.35. The maximum atomic E-state index is 12.9. The first-order chi connectivity index (χ1) is 11.0. The van der Waals surface area contributed by atoms with Crippen LogP contribution >= 0.6 is 0 Å². The van der Waals surface area contributed by atoms with Crippen molar-refractivity contribution in [3.8, 4) is 0 Å². The molecule has 0 unspecified atom stereocenters. The van der Waals surface area contributed by atoms with Crippen molar-refractivity contribution in [1.29, 1.82) is 0 Å². The van der Waals surface area contributed by atoms with Crippen LogP contribution in [0.3, 0.4) is 0 Å². The van der Waals surface area contributed by atoms with Crippen LogP contribution in [0, 0.1) is 5.41 Å². The molecule has 2 heterocycles. The van der Waals surface area contributed by atoms with Crippen molar-refractivity contribution in [2.75, 3.05) is 32.8 Å². The molecule has 1 aliphatic carbocycles. The molecule has 2 saturated heterocycles. The number of hydrogen-bond acceptors (Lipinski definition) is 4. The van der Waals surface area contributed by atoms with Gasteiger partial charge in [0.25, 0.3) is 10.2 Å². The van der Waals surface area contributed by atoms with Gasteiger partial charge in [0.2, 0.25) is 0 Å². The van der Waals surface area contributed by atoms with Crippen LogP contribution in [0.4, 0.5) is 0 Å². The molecule has 1 spiro atoms. The van der Waals surface area contributed by atoms with Crippen molar-refractivity contribution in [2.24, 2.45) is 5.41 Å². The van der Waals surface area contributed by atoms with Gasteiger partial charge in [0.1, 0.15) is 0 Å². The topological polar surface area (TPSA) is 70.1 Å². The van der Waals surface area contributed by atoms with Crippen LogP contribution in [0.5, 0.6) is 0 Å². The predicted molar refractivity (Wildman–Crippen MR) is 88.2 cm³/mol. The molecule has 1 N–H and O–H groups in total. The highest BCUT2D eigenvalue weighted by atomic mass is 32.2. The number of hydrogen-bond donors (Lipinski definition) is 1. The van der Waals surface area contributed by atoms with Gasteiger partial charge >= 0.3 is 0 Å². The first kappa shape index (κ1) is 17.6. The van der Waals surface area contributed by atoms with E-state index in [-0.39, 0.29) is 17.6 Å². The zero-order chi connectivity index (χ0) is 16.5. The first-order valence-electron chi connectivity index (χ1n) is 9.05. The van der Waals surface area contributed by atoms with Crippen LogP contribution in [-0.4, -0.2) is 67.1 Å². The second-order valence-corrected chi connectivity index (χ2v) is 9.08. The Bertz CT molecular complexity index is 492. The standard InChI is InChI=1S/C16H30N2O4S/c1-2-22-15-13-14(19)16(15)7-11-18(12-8-16)23(20,21)17-9-5-3-4-6-10-17/h14-15,19H,2-13H2,1H3/t14-,15-/m1/s1. The van der Waals surface area contributed by atoms with Gasteiger partial charge in [-0.2, -0.15) is 17.0 Å². The summed E-state index contributed by atoms with van der Waals surface area (Å²) < 4.78 is 34.8.